The molecular weight excluding hydrogens is 326 g/mol. The fraction of sp³-hybridized carbons (Fsp3) is 0.412. The highest BCUT2D eigenvalue weighted by Gasteiger charge is 2.17. The van der Waals surface area contributed by atoms with E-state index < -0.39 is 10.0 Å². The summed E-state index contributed by atoms with van der Waals surface area (Å²) in [5.41, 5.74) is 2.84. The second-order valence-electron chi connectivity index (χ2n) is 6.07. The van der Waals surface area contributed by atoms with Crippen LogP contribution in [0.5, 0.6) is 0 Å². The van der Waals surface area contributed by atoms with Gasteiger partial charge in [0.15, 0.2) is 0 Å². The number of fused-ring (bicyclic) bond motifs is 1. The summed E-state index contributed by atoms with van der Waals surface area (Å²) in [4.78, 5) is 12.0. The molecule has 0 bridgehead atoms. The van der Waals surface area contributed by atoms with Crippen LogP contribution < -0.4 is 10.3 Å². The Morgan fingerprint density at radius 3 is 2.67 bits per heavy atom. The second-order valence-corrected chi connectivity index (χ2v) is 7.84. The molecule has 0 aliphatic heterocycles. The summed E-state index contributed by atoms with van der Waals surface area (Å²) in [6.45, 7) is 2.10. The number of nitrogens with zero attached hydrogens (tertiary/aromatic N) is 2. The zero-order valence-corrected chi connectivity index (χ0v) is 14.5. The average Bonchev–Trinajstić information content (AvgIpc) is 2.57. The van der Waals surface area contributed by atoms with Crippen molar-refractivity contribution >= 4 is 10.0 Å². The lowest BCUT2D eigenvalue weighted by molar-refractivity contribution is 0.543. The van der Waals surface area contributed by atoms with Gasteiger partial charge in [0.25, 0.3) is 5.56 Å². The van der Waals surface area contributed by atoms with E-state index in [0.717, 1.165) is 31.2 Å². The van der Waals surface area contributed by atoms with Gasteiger partial charge in [0.1, 0.15) is 0 Å². The molecule has 1 N–H and O–H groups in total. The van der Waals surface area contributed by atoms with Crippen LogP contribution in [0.2, 0.25) is 0 Å². The fourth-order valence-corrected chi connectivity index (χ4v) is 4.03. The number of benzene rings is 1. The van der Waals surface area contributed by atoms with Crippen molar-refractivity contribution in [2.45, 2.75) is 44.0 Å². The third-order valence-corrected chi connectivity index (χ3v) is 5.70. The van der Waals surface area contributed by atoms with Crippen LogP contribution in [-0.4, -0.2) is 24.7 Å². The molecule has 0 amide bonds. The molecule has 128 valence electrons. The summed E-state index contributed by atoms with van der Waals surface area (Å²) in [5, 5.41) is 4.09. The Bertz CT molecular complexity index is 904. The van der Waals surface area contributed by atoms with E-state index >= 15 is 0 Å². The largest absolute Gasteiger partial charge is 0.268 e. The first-order valence-electron chi connectivity index (χ1n) is 8.12. The molecule has 3 rings (SSSR count). The van der Waals surface area contributed by atoms with Crippen molar-refractivity contribution in [2.24, 2.45) is 0 Å². The quantitative estimate of drug-likeness (QED) is 0.887. The molecule has 1 heterocycles. The van der Waals surface area contributed by atoms with E-state index in [0.29, 0.717) is 5.69 Å². The minimum Gasteiger partial charge on any atom is -0.268 e. The van der Waals surface area contributed by atoms with Crippen molar-refractivity contribution in [1.82, 2.24) is 14.5 Å². The van der Waals surface area contributed by atoms with E-state index in [4.69, 9.17) is 0 Å². The van der Waals surface area contributed by atoms with Crippen molar-refractivity contribution in [3.05, 3.63) is 57.5 Å². The molecule has 1 aromatic carbocycles. The molecule has 1 aliphatic rings. The van der Waals surface area contributed by atoms with E-state index in [1.54, 1.807) is 25.1 Å². The lowest BCUT2D eigenvalue weighted by atomic mass is 9.92. The maximum atomic E-state index is 12.4. The highest BCUT2D eigenvalue weighted by atomic mass is 32.2. The summed E-state index contributed by atoms with van der Waals surface area (Å²) >= 11 is 0. The van der Waals surface area contributed by atoms with Crippen molar-refractivity contribution in [3.63, 3.8) is 0 Å². The standard InChI is InChI=1S/C17H21N3O3S/c1-13-6-9-17(21)20(19-13)11-10-18-24(22,23)16-8-7-14-4-2-3-5-15(14)12-16/h6-9,12,18H,2-5,10-11H2,1H3. The molecule has 0 saturated heterocycles. The number of hydrogen-bond acceptors (Lipinski definition) is 4. The van der Waals surface area contributed by atoms with Gasteiger partial charge in [-0.15, -0.1) is 0 Å². The number of aromatic nitrogens is 2. The van der Waals surface area contributed by atoms with Gasteiger partial charge in [0.2, 0.25) is 10.0 Å². The van der Waals surface area contributed by atoms with Crippen LogP contribution >= 0.6 is 0 Å². The molecule has 7 heteroatoms. The van der Waals surface area contributed by atoms with Crippen LogP contribution in [-0.2, 0) is 29.4 Å². The third kappa shape index (κ3) is 3.73. The van der Waals surface area contributed by atoms with Gasteiger partial charge >= 0.3 is 0 Å². The van der Waals surface area contributed by atoms with Gasteiger partial charge in [0.05, 0.1) is 17.1 Å². The van der Waals surface area contributed by atoms with Gasteiger partial charge in [-0.05, 0) is 61.9 Å². The van der Waals surface area contributed by atoms with Crippen molar-refractivity contribution in [3.8, 4) is 0 Å². The SMILES string of the molecule is Cc1ccc(=O)n(CCNS(=O)(=O)c2ccc3c(c2)CCCC3)n1. The van der Waals surface area contributed by atoms with Gasteiger partial charge in [-0.1, -0.05) is 6.07 Å². The maximum Gasteiger partial charge on any atom is 0.266 e. The molecule has 1 aliphatic carbocycles. The number of hydrogen-bond donors (Lipinski definition) is 1. The fourth-order valence-electron chi connectivity index (χ4n) is 2.96. The van der Waals surface area contributed by atoms with Gasteiger partial charge in [-0.2, -0.15) is 5.10 Å². The van der Waals surface area contributed by atoms with Gasteiger partial charge in [0, 0.05) is 12.6 Å². The zero-order chi connectivity index (χ0) is 17.2. The van der Waals surface area contributed by atoms with Crippen molar-refractivity contribution in [2.75, 3.05) is 6.54 Å². The normalized spacial score (nSPS) is 14.4. The Morgan fingerprint density at radius 1 is 1.12 bits per heavy atom. The summed E-state index contributed by atoms with van der Waals surface area (Å²) in [6.07, 6.45) is 4.22. The molecule has 2 aromatic rings. The van der Waals surface area contributed by atoms with Gasteiger partial charge in [-0.3, -0.25) is 4.79 Å². The molecular formula is C17H21N3O3S. The number of aryl methyl sites for hydroxylation is 3. The summed E-state index contributed by atoms with van der Waals surface area (Å²) in [7, 11) is -3.58. The molecule has 0 fully saturated rings. The number of nitrogens with one attached hydrogen (secondary N) is 1. The molecule has 0 spiro atoms. The Hall–Kier alpha value is -1.99. The van der Waals surface area contributed by atoms with Crippen LogP contribution in [0.15, 0.2) is 40.0 Å². The van der Waals surface area contributed by atoms with Gasteiger partial charge < -0.3 is 0 Å². The van der Waals surface area contributed by atoms with Crippen LogP contribution in [0.1, 0.15) is 29.7 Å². The highest BCUT2D eigenvalue weighted by molar-refractivity contribution is 7.89. The first kappa shape index (κ1) is 16.9. The predicted octanol–water partition coefficient (Wildman–Crippen LogP) is 1.41. The molecule has 0 atom stereocenters. The zero-order valence-electron chi connectivity index (χ0n) is 13.7. The van der Waals surface area contributed by atoms with E-state index in [-0.39, 0.29) is 23.5 Å². The smallest absolute Gasteiger partial charge is 0.266 e. The molecule has 0 radical (unpaired) electrons. The van der Waals surface area contributed by atoms with E-state index in [1.807, 2.05) is 6.07 Å². The topological polar surface area (TPSA) is 81.1 Å². The van der Waals surface area contributed by atoms with Crippen LogP contribution in [0, 0.1) is 6.92 Å². The number of sulfonamides is 1. The Labute approximate surface area is 141 Å². The Morgan fingerprint density at radius 2 is 1.88 bits per heavy atom. The van der Waals surface area contributed by atoms with E-state index in [9.17, 15) is 13.2 Å². The predicted molar refractivity (Wildman–Crippen MR) is 91.5 cm³/mol. The third-order valence-electron chi connectivity index (χ3n) is 4.25. The Balaban J connectivity index is 1.70. The lowest BCUT2D eigenvalue weighted by Gasteiger charge is -2.16. The first-order valence-corrected chi connectivity index (χ1v) is 9.60. The summed E-state index contributed by atoms with van der Waals surface area (Å²) < 4.78 is 28.7. The second kappa shape index (κ2) is 6.86. The molecule has 0 unspecified atom stereocenters. The minimum absolute atomic E-state index is 0.121. The van der Waals surface area contributed by atoms with Crippen LogP contribution in [0.3, 0.4) is 0 Å². The van der Waals surface area contributed by atoms with Crippen LogP contribution in [0.25, 0.3) is 0 Å². The average molecular weight is 347 g/mol. The first-order chi connectivity index (χ1) is 11.5. The summed E-state index contributed by atoms with van der Waals surface area (Å²) in [6, 6.07) is 8.41. The highest BCUT2D eigenvalue weighted by Crippen LogP contribution is 2.23. The van der Waals surface area contributed by atoms with Crippen molar-refractivity contribution in [1.29, 1.82) is 0 Å². The van der Waals surface area contributed by atoms with E-state index in [2.05, 4.69) is 9.82 Å². The molecule has 1 aromatic heterocycles. The monoisotopic (exact) mass is 347 g/mol. The Kier molecular flexibility index (Phi) is 4.82. The molecule has 24 heavy (non-hydrogen) atoms. The minimum atomic E-state index is -3.58. The summed E-state index contributed by atoms with van der Waals surface area (Å²) in [5.74, 6) is 0. The lowest BCUT2D eigenvalue weighted by Crippen LogP contribution is -2.32. The van der Waals surface area contributed by atoms with Gasteiger partial charge in [-0.25, -0.2) is 17.8 Å². The maximum absolute atomic E-state index is 12.4. The molecule has 0 saturated carbocycles. The van der Waals surface area contributed by atoms with E-state index in [1.165, 1.54) is 16.3 Å². The van der Waals surface area contributed by atoms with Crippen molar-refractivity contribution < 1.29 is 8.42 Å². The molecule has 6 nitrogen and oxygen atoms in total. The number of rotatable bonds is 5. The van der Waals surface area contributed by atoms with Crippen LogP contribution in [0.4, 0.5) is 0 Å².